The van der Waals surface area contributed by atoms with E-state index < -0.39 is 17.2 Å². The second-order valence-corrected chi connectivity index (χ2v) is 7.67. The van der Waals surface area contributed by atoms with Crippen LogP contribution in [0.2, 0.25) is 0 Å². The highest BCUT2D eigenvalue weighted by molar-refractivity contribution is 8.00. The molecule has 0 bridgehead atoms. The topological polar surface area (TPSA) is 138 Å². The maximum absolute atomic E-state index is 11.8. The van der Waals surface area contributed by atoms with Gasteiger partial charge in [0.2, 0.25) is 11.1 Å². The summed E-state index contributed by atoms with van der Waals surface area (Å²) < 4.78 is 7.18. The standard InChI is InChI=1S/C17H24N6O3S/c1-9(2)12-6-5-10(3)7-13(12)26-8-14-21-22-17(23(14)19)27-11(4)15(24)20-16(18)25/h5-7,9,11H,8,19H2,1-4H3,(H3,18,20,24,25)/t11-/m1/s1. The quantitative estimate of drug-likeness (QED) is 0.481. The van der Waals surface area contributed by atoms with Gasteiger partial charge in [0.15, 0.2) is 5.82 Å². The second kappa shape index (κ2) is 8.76. The fourth-order valence-electron chi connectivity index (χ4n) is 2.31. The highest BCUT2D eigenvalue weighted by Crippen LogP contribution is 2.28. The summed E-state index contributed by atoms with van der Waals surface area (Å²) >= 11 is 1.06. The van der Waals surface area contributed by atoms with Crippen molar-refractivity contribution < 1.29 is 14.3 Å². The molecule has 27 heavy (non-hydrogen) atoms. The molecule has 0 saturated heterocycles. The molecule has 0 aliphatic rings. The van der Waals surface area contributed by atoms with Crippen LogP contribution in [0, 0.1) is 6.92 Å². The molecule has 3 amide bonds. The lowest BCUT2D eigenvalue weighted by atomic mass is 10.0. The summed E-state index contributed by atoms with van der Waals surface area (Å²) in [6.07, 6.45) is 0. The zero-order chi connectivity index (χ0) is 20.1. The second-order valence-electron chi connectivity index (χ2n) is 6.37. The molecule has 0 radical (unpaired) electrons. The van der Waals surface area contributed by atoms with Crippen molar-refractivity contribution in [2.45, 2.75) is 50.6 Å². The summed E-state index contributed by atoms with van der Waals surface area (Å²) in [5.74, 6) is 6.98. The minimum atomic E-state index is -0.908. The number of nitrogens with two attached hydrogens (primary N) is 2. The molecule has 0 aliphatic heterocycles. The Hall–Kier alpha value is -2.75. The summed E-state index contributed by atoms with van der Waals surface area (Å²) in [5.41, 5.74) is 7.13. The Balaban J connectivity index is 2.07. The van der Waals surface area contributed by atoms with Crippen molar-refractivity contribution in [3.05, 3.63) is 35.2 Å². The van der Waals surface area contributed by atoms with Crippen LogP contribution in [0.25, 0.3) is 0 Å². The molecule has 0 fully saturated rings. The number of hydrogen-bond donors (Lipinski definition) is 3. The van der Waals surface area contributed by atoms with E-state index in [1.165, 1.54) is 4.68 Å². The fraction of sp³-hybridized carbons (Fsp3) is 0.412. The van der Waals surface area contributed by atoms with Crippen LogP contribution in [-0.2, 0) is 11.4 Å². The van der Waals surface area contributed by atoms with Gasteiger partial charge in [0, 0.05) is 0 Å². The maximum atomic E-state index is 11.8. The number of primary amides is 1. The zero-order valence-corrected chi connectivity index (χ0v) is 16.5. The Bertz CT molecular complexity index is 836. The van der Waals surface area contributed by atoms with Crippen molar-refractivity contribution in [1.29, 1.82) is 0 Å². The first kappa shape index (κ1) is 20.6. The molecule has 2 rings (SSSR count). The summed E-state index contributed by atoms with van der Waals surface area (Å²) in [5, 5.41) is 9.72. The first-order valence-electron chi connectivity index (χ1n) is 8.38. The van der Waals surface area contributed by atoms with Crippen molar-refractivity contribution in [3.63, 3.8) is 0 Å². The normalized spacial score (nSPS) is 12.0. The SMILES string of the molecule is Cc1ccc(C(C)C)c(OCc2nnc(S[C@H](C)C(=O)NC(N)=O)n2N)c1. The van der Waals surface area contributed by atoms with Gasteiger partial charge >= 0.3 is 6.03 Å². The van der Waals surface area contributed by atoms with Gasteiger partial charge in [0.1, 0.15) is 12.4 Å². The molecule has 1 atom stereocenters. The number of nitrogen functional groups attached to an aromatic ring is 1. The van der Waals surface area contributed by atoms with Crippen molar-refractivity contribution in [2.75, 3.05) is 5.84 Å². The fourth-order valence-corrected chi connectivity index (χ4v) is 3.10. The Labute approximate surface area is 161 Å². The van der Waals surface area contributed by atoms with Gasteiger partial charge in [-0.05, 0) is 37.0 Å². The van der Waals surface area contributed by atoms with Gasteiger partial charge in [-0.2, -0.15) is 0 Å². The molecule has 1 heterocycles. The number of nitrogens with one attached hydrogen (secondary N) is 1. The van der Waals surface area contributed by atoms with Crippen LogP contribution in [0.1, 0.15) is 43.6 Å². The number of carbonyl (C=O) groups is 2. The van der Waals surface area contributed by atoms with E-state index >= 15 is 0 Å². The van der Waals surface area contributed by atoms with E-state index in [9.17, 15) is 9.59 Å². The summed E-state index contributed by atoms with van der Waals surface area (Å²) in [7, 11) is 0. The Morgan fingerprint density at radius 2 is 2.00 bits per heavy atom. The molecule has 9 nitrogen and oxygen atoms in total. The number of amides is 3. The number of benzene rings is 1. The van der Waals surface area contributed by atoms with Crippen LogP contribution < -0.4 is 21.6 Å². The molecule has 146 valence electrons. The molecular formula is C17H24N6O3S. The highest BCUT2D eigenvalue weighted by atomic mass is 32.2. The van der Waals surface area contributed by atoms with E-state index in [1.54, 1.807) is 6.92 Å². The molecule has 0 aliphatic carbocycles. The lowest BCUT2D eigenvalue weighted by molar-refractivity contribution is -0.119. The van der Waals surface area contributed by atoms with Crippen LogP contribution in [0.3, 0.4) is 0 Å². The van der Waals surface area contributed by atoms with E-state index in [2.05, 4.69) is 24.0 Å². The van der Waals surface area contributed by atoms with Crippen molar-refractivity contribution >= 4 is 23.7 Å². The number of thioether (sulfide) groups is 1. The molecule has 0 spiro atoms. The van der Waals surface area contributed by atoms with Gasteiger partial charge in [-0.1, -0.05) is 37.7 Å². The van der Waals surface area contributed by atoms with Crippen LogP contribution in [0.5, 0.6) is 5.75 Å². The first-order chi connectivity index (χ1) is 12.7. The number of aryl methyl sites for hydroxylation is 1. The van der Waals surface area contributed by atoms with Crippen molar-refractivity contribution in [1.82, 2.24) is 20.2 Å². The van der Waals surface area contributed by atoms with E-state index in [-0.39, 0.29) is 6.61 Å². The minimum absolute atomic E-state index is 0.134. The number of rotatable bonds is 7. The Kier molecular flexibility index (Phi) is 6.67. The smallest absolute Gasteiger partial charge is 0.318 e. The number of hydrogen-bond acceptors (Lipinski definition) is 7. The molecular weight excluding hydrogens is 368 g/mol. The van der Waals surface area contributed by atoms with E-state index in [1.807, 2.05) is 30.4 Å². The van der Waals surface area contributed by atoms with Crippen LogP contribution in [-0.4, -0.2) is 32.1 Å². The highest BCUT2D eigenvalue weighted by Gasteiger charge is 2.20. The Morgan fingerprint density at radius 3 is 2.63 bits per heavy atom. The third kappa shape index (κ3) is 5.36. The van der Waals surface area contributed by atoms with E-state index in [4.69, 9.17) is 16.3 Å². The lowest BCUT2D eigenvalue weighted by Crippen LogP contribution is -2.39. The molecule has 0 saturated carbocycles. The molecule has 1 aromatic carbocycles. The zero-order valence-electron chi connectivity index (χ0n) is 15.7. The third-order valence-electron chi connectivity index (χ3n) is 3.78. The number of aromatic nitrogens is 3. The maximum Gasteiger partial charge on any atom is 0.318 e. The van der Waals surface area contributed by atoms with Crippen molar-refractivity contribution in [3.8, 4) is 5.75 Å². The van der Waals surface area contributed by atoms with Gasteiger partial charge in [-0.3, -0.25) is 10.1 Å². The monoisotopic (exact) mass is 392 g/mol. The van der Waals surface area contributed by atoms with Gasteiger partial charge in [0.25, 0.3) is 0 Å². The molecule has 0 unspecified atom stereocenters. The number of ether oxygens (including phenoxy) is 1. The third-order valence-corrected chi connectivity index (χ3v) is 4.84. The van der Waals surface area contributed by atoms with Gasteiger partial charge in [-0.15, -0.1) is 10.2 Å². The summed E-state index contributed by atoms with van der Waals surface area (Å²) in [6.45, 7) is 7.92. The van der Waals surface area contributed by atoms with Crippen LogP contribution >= 0.6 is 11.8 Å². The number of urea groups is 1. The van der Waals surface area contributed by atoms with Crippen LogP contribution in [0.15, 0.2) is 23.4 Å². The number of imide groups is 1. The van der Waals surface area contributed by atoms with E-state index in [0.717, 1.165) is 28.6 Å². The lowest BCUT2D eigenvalue weighted by Gasteiger charge is -2.14. The molecule has 10 heteroatoms. The number of carbonyl (C=O) groups excluding carboxylic acids is 2. The van der Waals surface area contributed by atoms with Crippen molar-refractivity contribution in [2.24, 2.45) is 5.73 Å². The van der Waals surface area contributed by atoms with Gasteiger partial charge in [-0.25, -0.2) is 9.47 Å². The summed E-state index contributed by atoms with van der Waals surface area (Å²) in [4.78, 5) is 22.5. The van der Waals surface area contributed by atoms with E-state index in [0.29, 0.717) is 16.9 Å². The van der Waals surface area contributed by atoms with Crippen LogP contribution in [0.4, 0.5) is 4.79 Å². The first-order valence-corrected chi connectivity index (χ1v) is 9.26. The number of nitrogens with zero attached hydrogens (tertiary/aromatic N) is 3. The molecule has 2 aromatic rings. The average molecular weight is 392 g/mol. The summed E-state index contributed by atoms with van der Waals surface area (Å²) in [6, 6.07) is 5.15. The largest absolute Gasteiger partial charge is 0.485 e. The average Bonchev–Trinajstić information content (AvgIpc) is 2.92. The molecule has 5 N–H and O–H groups in total. The predicted molar refractivity (Wildman–Crippen MR) is 103 cm³/mol. The molecule has 1 aromatic heterocycles. The van der Waals surface area contributed by atoms with Gasteiger partial charge in [0.05, 0.1) is 5.25 Å². The minimum Gasteiger partial charge on any atom is -0.485 e. The Morgan fingerprint density at radius 1 is 1.30 bits per heavy atom. The predicted octanol–water partition coefficient (Wildman–Crippen LogP) is 1.68. The van der Waals surface area contributed by atoms with Gasteiger partial charge < -0.3 is 16.3 Å².